The summed E-state index contributed by atoms with van der Waals surface area (Å²) in [4.78, 5) is 27.4. The summed E-state index contributed by atoms with van der Waals surface area (Å²) in [5, 5.41) is 3.16. The molecule has 10 heteroatoms. The molecule has 8 nitrogen and oxygen atoms in total. The van der Waals surface area contributed by atoms with E-state index in [0.717, 1.165) is 9.87 Å². The molecule has 0 bridgehead atoms. The molecule has 0 aromatic heterocycles. The van der Waals surface area contributed by atoms with E-state index < -0.39 is 28.5 Å². The number of carbonyl (C=O) groups excluding carboxylic acids is 2. The largest absolute Gasteiger partial charge is 0.497 e. The zero-order chi connectivity index (χ0) is 24.6. The van der Waals surface area contributed by atoms with Crippen LogP contribution in [-0.2, 0) is 26.2 Å². The van der Waals surface area contributed by atoms with E-state index in [1.807, 2.05) is 6.92 Å². The number of halogens is 1. The lowest BCUT2D eigenvalue weighted by molar-refractivity contribution is -0.141. The predicted octanol–water partition coefficient (Wildman–Crippen LogP) is 2.91. The van der Waals surface area contributed by atoms with Crippen molar-refractivity contribution in [2.75, 3.05) is 27.2 Å². The van der Waals surface area contributed by atoms with Gasteiger partial charge in [-0.05, 0) is 55.3 Å². The third kappa shape index (κ3) is 6.93. The maximum absolute atomic E-state index is 13.3. The van der Waals surface area contributed by atoms with E-state index in [1.54, 1.807) is 38.3 Å². The summed E-state index contributed by atoms with van der Waals surface area (Å²) in [5.74, 6) is -0.102. The number of hydrogen-bond acceptors (Lipinski definition) is 5. The number of nitrogens with zero attached hydrogens (tertiary/aromatic N) is 2. The molecule has 1 N–H and O–H groups in total. The summed E-state index contributed by atoms with van der Waals surface area (Å²) < 4.78 is 32.0. The molecule has 0 aliphatic carbocycles. The van der Waals surface area contributed by atoms with Gasteiger partial charge in [0.15, 0.2) is 0 Å². The Morgan fingerprint density at radius 2 is 1.67 bits per heavy atom. The van der Waals surface area contributed by atoms with Crippen molar-refractivity contribution in [1.82, 2.24) is 14.5 Å². The third-order valence-corrected chi connectivity index (χ3v) is 7.20. The van der Waals surface area contributed by atoms with Crippen LogP contribution in [0, 0.1) is 0 Å². The molecule has 33 heavy (non-hydrogen) atoms. The van der Waals surface area contributed by atoms with Gasteiger partial charge in [0.25, 0.3) is 0 Å². The van der Waals surface area contributed by atoms with Crippen LogP contribution in [-0.4, -0.2) is 62.7 Å². The van der Waals surface area contributed by atoms with E-state index in [9.17, 15) is 18.0 Å². The smallest absolute Gasteiger partial charge is 0.243 e. The normalized spacial score (nSPS) is 12.3. The Balaban J connectivity index is 2.30. The maximum atomic E-state index is 13.3. The van der Waals surface area contributed by atoms with Crippen LogP contribution in [0.2, 0.25) is 5.02 Å². The molecule has 1 atom stereocenters. The molecule has 2 aromatic carbocycles. The van der Waals surface area contributed by atoms with Crippen molar-refractivity contribution >= 4 is 33.4 Å². The summed E-state index contributed by atoms with van der Waals surface area (Å²) in [5.41, 5.74) is 0.787. The highest BCUT2D eigenvalue weighted by Gasteiger charge is 2.31. The van der Waals surface area contributed by atoms with Crippen molar-refractivity contribution in [3.63, 3.8) is 0 Å². The van der Waals surface area contributed by atoms with Gasteiger partial charge in [-0.15, -0.1) is 0 Å². The van der Waals surface area contributed by atoms with Crippen molar-refractivity contribution in [3.05, 3.63) is 59.1 Å². The Hall–Kier alpha value is -2.62. The molecule has 0 radical (unpaired) electrons. The van der Waals surface area contributed by atoms with Crippen molar-refractivity contribution in [1.29, 1.82) is 0 Å². The molecule has 2 amide bonds. The van der Waals surface area contributed by atoms with Crippen LogP contribution in [0.4, 0.5) is 0 Å². The number of ether oxygens (including phenoxy) is 1. The molecule has 2 rings (SSSR count). The second-order valence-corrected chi connectivity index (χ2v) is 9.88. The molecule has 0 heterocycles. The van der Waals surface area contributed by atoms with Crippen LogP contribution >= 0.6 is 11.6 Å². The monoisotopic (exact) mass is 495 g/mol. The van der Waals surface area contributed by atoms with Gasteiger partial charge < -0.3 is 15.0 Å². The van der Waals surface area contributed by atoms with Gasteiger partial charge in [-0.25, -0.2) is 8.42 Å². The molecule has 0 fully saturated rings. The highest BCUT2D eigenvalue weighted by atomic mass is 35.5. The number of benzene rings is 2. The van der Waals surface area contributed by atoms with Crippen LogP contribution in [0.15, 0.2) is 53.4 Å². The minimum absolute atomic E-state index is 0.0275. The van der Waals surface area contributed by atoms with Crippen molar-refractivity contribution in [2.45, 2.75) is 37.8 Å². The fraction of sp³-hybridized carbons (Fsp3) is 0.391. The first-order valence-corrected chi connectivity index (χ1v) is 12.4. The summed E-state index contributed by atoms with van der Waals surface area (Å²) >= 11 is 5.85. The summed E-state index contributed by atoms with van der Waals surface area (Å²) in [7, 11) is -1.03. The van der Waals surface area contributed by atoms with E-state index in [1.165, 1.54) is 36.2 Å². The van der Waals surface area contributed by atoms with Gasteiger partial charge in [0.1, 0.15) is 11.8 Å². The average Bonchev–Trinajstić information content (AvgIpc) is 2.79. The molecule has 0 saturated heterocycles. The predicted molar refractivity (Wildman–Crippen MR) is 128 cm³/mol. The molecular weight excluding hydrogens is 466 g/mol. The lowest BCUT2D eigenvalue weighted by Gasteiger charge is -2.32. The zero-order valence-electron chi connectivity index (χ0n) is 19.2. The first kappa shape index (κ1) is 26.6. The van der Waals surface area contributed by atoms with Gasteiger partial charge >= 0.3 is 0 Å². The van der Waals surface area contributed by atoms with Crippen LogP contribution in [0.1, 0.15) is 25.8 Å². The Bertz CT molecular complexity index is 1040. The van der Waals surface area contributed by atoms with Gasteiger partial charge in [-0.2, -0.15) is 4.31 Å². The number of carbonyl (C=O) groups is 2. The minimum atomic E-state index is -3.92. The summed E-state index contributed by atoms with van der Waals surface area (Å²) in [6, 6.07) is 12.1. The fourth-order valence-electron chi connectivity index (χ4n) is 3.29. The van der Waals surface area contributed by atoms with Crippen molar-refractivity contribution in [3.8, 4) is 5.75 Å². The fourth-order valence-corrected chi connectivity index (χ4v) is 4.54. The molecule has 0 aliphatic rings. The number of nitrogens with one attached hydrogen (secondary N) is 1. The van der Waals surface area contributed by atoms with Gasteiger partial charge in [0, 0.05) is 25.2 Å². The topological polar surface area (TPSA) is 96.0 Å². The second kappa shape index (κ2) is 12.0. The van der Waals surface area contributed by atoms with Gasteiger partial charge in [0.05, 0.1) is 18.6 Å². The number of methoxy groups -OCH3 is 1. The quantitative estimate of drug-likeness (QED) is 0.517. The standard InChI is InChI=1S/C23H30ClN3O5S/c1-5-21(23(29)25-6-2)27(15-17-7-11-19(32-4)12-8-17)22(28)16-26(3)33(30,31)20-13-9-18(24)10-14-20/h7-14,21H,5-6,15-16H2,1-4H3,(H,25,29). The van der Waals surface area contributed by atoms with E-state index in [-0.39, 0.29) is 17.3 Å². The van der Waals surface area contributed by atoms with E-state index >= 15 is 0 Å². The number of sulfonamides is 1. The Morgan fingerprint density at radius 1 is 1.06 bits per heavy atom. The van der Waals surface area contributed by atoms with Crippen LogP contribution in [0.25, 0.3) is 0 Å². The molecule has 0 spiro atoms. The molecular formula is C23H30ClN3O5S. The minimum Gasteiger partial charge on any atom is -0.497 e. The first-order valence-electron chi connectivity index (χ1n) is 10.6. The highest BCUT2D eigenvalue weighted by molar-refractivity contribution is 7.89. The number of hydrogen-bond donors (Lipinski definition) is 1. The van der Waals surface area contributed by atoms with Crippen LogP contribution in [0.5, 0.6) is 5.75 Å². The second-order valence-electron chi connectivity index (χ2n) is 7.40. The van der Waals surface area contributed by atoms with Gasteiger partial charge in [0.2, 0.25) is 21.8 Å². The van der Waals surface area contributed by atoms with Gasteiger partial charge in [-0.1, -0.05) is 30.7 Å². The zero-order valence-corrected chi connectivity index (χ0v) is 20.8. The average molecular weight is 496 g/mol. The SMILES string of the molecule is CCNC(=O)C(CC)N(Cc1ccc(OC)cc1)C(=O)CN(C)S(=O)(=O)c1ccc(Cl)cc1. The lowest BCUT2D eigenvalue weighted by atomic mass is 10.1. The van der Waals surface area contributed by atoms with Crippen molar-refractivity contribution in [2.24, 2.45) is 0 Å². The third-order valence-electron chi connectivity index (χ3n) is 5.13. The summed E-state index contributed by atoms with van der Waals surface area (Å²) in [6.45, 7) is 3.75. The lowest BCUT2D eigenvalue weighted by Crippen LogP contribution is -2.51. The Morgan fingerprint density at radius 3 is 2.18 bits per heavy atom. The number of rotatable bonds is 11. The van der Waals surface area contributed by atoms with Crippen molar-refractivity contribution < 1.29 is 22.7 Å². The molecule has 2 aromatic rings. The van der Waals surface area contributed by atoms with Gasteiger partial charge in [-0.3, -0.25) is 9.59 Å². The first-order chi connectivity index (χ1) is 15.6. The molecule has 1 unspecified atom stereocenters. The Kier molecular flexibility index (Phi) is 9.70. The van der Waals surface area contributed by atoms with E-state index in [0.29, 0.717) is 23.7 Å². The maximum Gasteiger partial charge on any atom is 0.243 e. The Labute approximate surface area is 200 Å². The van der Waals surface area contributed by atoms with E-state index in [4.69, 9.17) is 16.3 Å². The summed E-state index contributed by atoms with van der Waals surface area (Å²) in [6.07, 6.45) is 0.376. The van der Waals surface area contributed by atoms with Crippen LogP contribution < -0.4 is 10.1 Å². The number of amides is 2. The highest BCUT2D eigenvalue weighted by Crippen LogP contribution is 2.20. The number of likely N-dealkylation sites (N-methyl/N-ethyl adjacent to an activating group) is 2. The molecule has 0 saturated carbocycles. The molecule has 0 aliphatic heterocycles. The van der Waals surface area contributed by atoms with Crippen LogP contribution in [0.3, 0.4) is 0 Å². The van der Waals surface area contributed by atoms with E-state index in [2.05, 4.69) is 5.32 Å². The molecule has 180 valence electrons.